The lowest BCUT2D eigenvalue weighted by atomic mass is 9.98. The number of likely N-dealkylation sites (N-methyl/N-ethyl adjacent to an activating group) is 3. The minimum Gasteiger partial charge on any atom is -0.508 e. The largest absolute Gasteiger partial charge is 0.508 e. The van der Waals surface area contributed by atoms with E-state index in [0.717, 1.165) is 38.6 Å². The number of phenols is 1. The van der Waals surface area contributed by atoms with E-state index in [2.05, 4.69) is 52.8 Å². The van der Waals surface area contributed by atoms with E-state index in [-0.39, 0.29) is 95.4 Å². The summed E-state index contributed by atoms with van der Waals surface area (Å²) in [4.78, 5) is 259. The molecule has 9 rings (SSSR count). The Balaban J connectivity index is 1.12. The Hall–Kier alpha value is -13.3. The Morgan fingerprint density at radius 1 is 0.504 bits per heavy atom. The molecular formula is C93H119FN16O20S. The maximum Gasteiger partial charge on any atom is 0.305 e. The summed E-state index contributed by atoms with van der Waals surface area (Å²) in [5, 5.41) is 55.4. The van der Waals surface area contributed by atoms with Crippen LogP contribution in [0.5, 0.6) is 5.75 Å². The number of benzene rings is 5. The number of aliphatic carboxylic acids is 2. The van der Waals surface area contributed by atoms with Crippen LogP contribution in [0.15, 0.2) is 140 Å². The van der Waals surface area contributed by atoms with Crippen molar-refractivity contribution in [2.24, 2.45) is 17.6 Å². The molecule has 4 heterocycles. The van der Waals surface area contributed by atoms with Crippen LogP contribution < -0.4 is 53.6 Å². The number of aromatic amines is 1. The first-order valence-corrected chi connectivity index (χ1v) is 45.1. The lowest BCUT2D eigenvalue weighted by Gasteiger charge is -2.38. The Morgan fingerprint density at radius 2 is 1.01 bits per heavy atom. The van der Waals surface area contributed by atoms with Crippen molar-refractivity contribution in [3.8, 4) is 5.75 Å². The van der Waals surface area contributed by atoms with E-state index in [1.807, 2.05) is 6.92 Å². The highest BCUT2D eigenvalue weighted by Gasteiger charge is 2.46. The summed E-state index contributed by atoms with van der Waals surface area (Å²) in [6.07, 6.45) is -0.955. The number of rotatable bonds is 24. The monoisotopic (exact) mass is 1830 g/mol. The molecule has 0 spiro atoms. The van der Waals surface area contributed by atoms with Gasteiger partial charge in [0.15, 0.2) is 0 Å². The third-order valence-electron chi connectivity index (χ3n) is 23.5. The van der Waals surface area contributed by atoms with Gasteiger partial charge in [0.05, 0.1) is 18.7 Å². The summed E-state index contributed by atoms with van der Waals surface area (Å²) < 4.78 is 14.6. The van der Waals surface area contributed by atoms with Crippen LogP contribution in [0.4, 0.5) is 4.39 Å². The fourth-order valence-electron chi connectivity index (χ4n) is 16.4. The predicted molar refractivity (Wildman–Crippen MR) is 481 cm³/mol. The number of carboxylic acids is 2. The van der Waals surface area contributed by atoms with Gasteiger partial charge in [-0.3, -0.25) is 81.5 Å². The van der Waals surface area contributed by atoms with Gasteiger partial charge in [-0.1, -0.05) is 151 Å². The normalized spacial score (nSPS) is 23.7. The van der Waals surface area contributed by atoms with Crippen molar-refractivity contribution in [3.63, 3.8) is 0 Å². The maximum atomic E-state index is 15.7. The predicted octanol–water partition coefficient (Wildman–Crippen LogP) is 2.45. The second kappa shape index (κ2) is 48.4. The van der Waals surface area contributed by atoms with Crippen molar-refractivity contribution < 1.29 is 101 Å². The number of fused-ring (bicyclic) bond motifs is 3. The van der Waals surface area contributed by atoms with Gasteiger partial charge in [-0.25, -0.2) is 4.39 Å². The molecule has 5 aromatic carbocycles. The van der Waals surface area contributed by atoms with Gasteiger partial charge in [-0.2, -0.15) is 0 Å². The quantitative estimate of drug-likeness (QED) is 0.0414. The number of thioether (sulfide) groups is 1. The van der Waals surface area contributed by atoms with Crippen LogP contribution in [0.3, 0.4) is 0 Å². The highest BCUT2D eigenvalue weighted by Crippen LogP contribution is 2.28. The molecule has 36 nitrogen and oxygen atoms in total. The van der Waals surface area contributed by atoms with E-state index in [1.54, 1.807) is 119 Å². The van der Waals surface area contributed by atoms with Gasteiger partial charge >= 0.3 is 11.9 Å². The number of nitrogens with zero attached hydrogens (tertiary/aromatic N) is 5. The van der Waals surface area contributed by atoms with Gasteiger partial charge in [0.1, 0.15) is 90.1 Å². The van der Waals surface area contributed by atoms with E-state index in [1.165, 1.54) is 67.3 Å². The molecule has 15 N–H and O–H groups in total. The number of aromatic hydroxyl groups is 1. The summed E-state index contributed by atoms with van der Waals surface area (Å²) in [5.74, 6) is -19.8. The molecule has 3 aliphatic heterocycles. The summed E-state index contributed by atoms with van der Waals surface area (Å²) in [6, 6.07) is 14.3. The zero-order valence-corrected chi connectivity index (χ0v) is 75.5. The van der Waals surface area contributed by atoms with Gasteiger partial charge in [0.2, 0.25) is 88.6 Å². The molecule has 3 fully saturated rings. The molecule has 0 saturated carbocycles. The standard InChI is InChI=1S/C93H119FN16O20S/c1-9-10-27-73-92(129)110-41-20-29-72(110)87(124)103-68(48-79(116)117)85(122)105-80(54(4)5)93(130)107(7)74(45-55-21-13-11-14-22-55)88(125)99-64(38-39-78(114)115)90(127)109-40-19-28-71(109)86(123)102-67(47-59-49-96-63-26-18-17-25-62(59)63)84(121)101-66(43-58-32-36-61(111)37-33-58)83(120)100-65(42-53(2)3)82(119)104-70(81(118)97-50-76(95)112)51-131-52-77(113)98-69(44-57-30-34-60(94)35-31-57)89(126)108(8)75(91(128)106(73)6)46-56-23-15-12-16-24-56/h11-18,21-26,30-37,49,53-54,64-75,80,96,111H,9-10,19-20,27-29,38-48,50-52H2,1-8H3,(H2,95,112)(H,97,118)(H,98,113)(H,99,125)(H,100,120)(H,101,121)(H,102,123)(H,103,124)(H,104,119)(H,105,122)(H,114,115)(H,116,117)/t64-,65+,66-,67-,68-,69+,70-,71+,72+,73-,74+,75-,80-/m0/s1. The van der Waals surface area contributed by atoms with Crippen LogP contribution in [0.25, 0.3) is 10.9 Å². The zero-order chi connectivity index (χ0) is 95.4. The van der Waals surface area contributed by atoms with Crippen LogP contribution >= 0.6 is 11.8 Å². The molecule has 3 saturated heterocycles. The minimum absolute atomic E-state index is 0.00742. The van der Waals surface area contributed by atoms with Gasteiger partial charge in [0.25, 0.3) is 0 Å². The van der Waals surface area contributed by atoms with Crippen molar-refractivity contribution in [1.82, 2.24) is 77.3 Å². The second-order valence-corrected chi connectivity index (χ2v) is 35.2. The lowest BCUT2D eigenvalue weighted by Crippen LogP contribution is -2.62. The average Bonchev–Trinajstić information content (AvgIpc) is 1.77. The summed E-state index contributed by atoms with van der Waals surface area (Å²) in [5.41, 5.74) is 8.35. The molecule has 0 radical (unpaired) electrons. The Labute approximate surface area is 762 Å². The third kappa shape index (κ3) is 28.9. The number of carbonyl (C=O) groups is 17. The van der Waals surface area contributed by atoms with Crippen LogP contribution in [0, 0.1) is 17.7 Å². The SMILES string of the molecule is CCCC[C@H]1C(=O)N2CCC[C@@H]2C(=O)N[C@@H](CC(=O)O)C(=O)N[C@@H](C(C)C)C(=O)N(C)[C@H](Cc2ccccc2)C(=O)N[C@@H](CCC(=O)O)C(=O)N2CCC[C@@H]2C(=O)N[C@@H](Cc2c[nH]c3ccccc23)C(=O)N[C@@H](Cc2ccc(O)cc2)C(=O)N[C@H](CC(C)C)C(=O)N[C@H](C(=O)NCC(N)=O)CSCC(=O)N[C@H](Cc2ccc(F)cc2)C(=O)N(C)[C@@H](Cc2ccccc2)C(=O)N1C. The number of nitrogens with two attached hydrogens (primary N) is 1. The fraction of sp³-hybridized carbons (Fsp3) is 0.473. The molecule has 1 aromatic heterocycles. The third-order valence-corrected chi connectivity index (χ3v) is 24.6. The number of unbranched alkanes of at least 4 members (excludes halogenated alkanes) is 1. The first-order chi connectivity index (χ1) is 62.4. The molecule has 6 aromatic rings. The smallest absolute Gasteiger partial charge is 0.305 e. The molecule has 131 heavy (non-hydrogen) atoms. The van der Waals surface area contributed by atoms with Crippen LogP contribution in [0.2, 0.25) is 0 Å². The average molecular weight is 1830 g/mol. The Bertz CT molecular complexity index is 5070. The van der Waals surface area contributed by atoms with E-state index in [9.17, 15) is 53.3 Å². The highest BCUT2D eigenvalue weighted by atomic mass is 32.2. The van der Waals surface area contributed by atoms with Crippen LogP contribution in [-0.2, 0) is 114 Å². The number of aromatic nitrogens is 1. The number of carbonyl (C=O) groups excluding carboxylic acids is 15. The topological polar surface area (TPSA) is 517 Å². The Kier molecular flexibility index (Phi) is 37.5. The molecule has 15 amide bonds. The van der Waals surface area contributed by atoms with Crippen molar-refractivity contribution in [1.29, 1.82) is 0 Å². The second-order valence-electron chi connectivity index (χ2n) is 34.1. The molecule has 704 valence electrons. The van der Waals surface area contributed by atoms with E-state index in [0.29, 0.717) is 51.6 Å². The number of hydrogen-bond donors (Lipinski definition) is 14. The van der Waals surface area contributed by atoms with Gasteiger partial charge in [-0.15, -0.1) is 11.8 Å². The molecular weight excluding hydrogens is 1710 g/mol. The summed E-state index contributed by atoms with van der Waals surface area (Å²) >= 11 is 0.783. The van der Waals surface area contributed by atoms with Gasteiger partial charge < -0.3 is 98.4 Å². The Morgan fingerprint density at radius 3 is 1.59 bits per heavy atom. The van der Waals surface area contributed by atoms with E-state index < -0.39 is 228 Å². The first-order valence-electron chi connectivity index (χ1n) is 44.0. The lowest BCUT2D eigenvalue weighted by molar-refractivity contribution is -0.152. The molecule has 3 aliphatic rings. The fourth-order valence-corrected chi connectivity index (χ4v) is 17.2. The number of nitrogens with one attached hydrogen (secondary N) is 10. The van der Waals surface area contributed by atoms with Gasteiger partial charge in [-0.05, 0) is 115 Å². The maximum absolute atomic E-state index is 15.7. The molecule has 13 atom stereocenters. The number of halogens is 1. The van der Waals surface area contributed by atoms with Crippen LogP contribution in [0.1, 0.15) is 133 Å². The number of amides is 15. The molecule has 0 bridgehead atoms. The summed E-state index contributed by atoms with van der Waals surface area (Å²) in [7, 11) is 3.94. The number of hydrogen-bond acceptors (Lipinski definition) is 19. The molecule has 0 aliphatic carbocycles. The molecule has 0 unspecified atom stereocenters. The number of primary amides is 1. The van der Waals surface area contributed by atoms with Crippen molar-refractivity contribution >= 4 is 123 Å². The van der Waals surface area contributed by atoms with E-state index >= 15 is 47.9 Å². The first kappa shape index (κ1) is 101. The van der Waals surface area contributed by atoms with Crippen molar-refractivity contribution in [3.05, 3.63) is 173 Å². The number of H-pyrrole nitrogens is 1. The zero-order valence-electron chi connectivity index (χ0n) is 74.7. The molecule has 38 heteroatoms. The van der Waals surface area contributed by atoms with Crippen LogP contribution in [-0.4, -0.2) is 276 Å². The van der Waals surface area contributed by atoms with Crippen molar-refractivity contribution in [2.45, 2.75) is 216 Å². The number of carboxylic acid groups (broad SMARTS) is 2. The van der Waals surface area contributed by atoms with E-state index in [4.69, 9.17) is 5.73 Å². The number of para-hydroxylation sites is 1. The minimum atomic E-state index is -1.93. The van der Waals surface area contributed by atoms with Gasteiger partial charge in [0, 0.05) is 95.6 Å². The van der Waals surface area contributed by atoms with Crippen molar-refractivity contribution in [2.75, 3.05) is 52.3 Å². The highest BCUT2D eigenvalue weighted by molar-refractivity contribution is 8.00. The number of phenolic OH excluding ortho intramolecular Hbond substituents is 1. The summed E-state index contributed by atoms with van der Waals surface area (Å²) in [6.45, 7) is 7.49.